The van der Waals surface area contributed by atoms with Crippen LogP contribution in [0.2, 0.25) is 5.02 Å². The van der Waals surface area contributed by atoms with Crippen molar-refractivity contribution in [2.75, 3.05) is 6.54 Å². The maximum Gasteiger partial charge on any atom is 0.130 e. The lowest BCUT2D eigenvalue weighted by atomic mass is 10.0. The van der Waals surface area contributed by atoms with Crippen LogP contribution in [0.4, 0.5) is 0 Å². The van der Waals surface area contributed by atoms with E-state index in [0.29, 0.717) is 5.02 Å². The van der Waals surface area contributed by atoms with Crippen LogP contribution in [0.5, 0.6) is 0 Å². The van der Waals surface area contributed by atoms with Crippen molar-refractivity contribution in [3.63, 3.8) is 0 Å². The van der Waals surface area contributed by atoms with Gasteiger partial charge in [0.25, 0.3) is 0 Å². The molecule has 4 heteroatoms. The fourth-order valence-corrected chi connectivity index (χ4v) is 1.96. The highest BCUT2D eigenvalue weighted by Crippen LogP contribution is 2.16. The Morgan fingerprint density at radius 1 is 1.17 bits per heavy atom. The molecular weight excluding hydrogens is 246 g/mol. The van der Waals surface area contributed by atoms with Gasteiger partial charge >= 0.3 is 0 Å². The summed E-state index contributed by atoms with van der Waals surface area (Å²) in [6, 6.07) is 10.6. The molecule has 1 unspecified atom stereocenters. The lowest BCUT2D eigenvalue weighted by Crippen LogP contribution is -2.23. The van der Waals surface area contributed by atoms with Gasteiger partial charge < -0.3 is 5.32 Å². The molecule has 0 saturated heterocycles. The maximum absolute atomic E-state index is 5.79. The van der Waals surface area contributed by atoms with Crippen molar-refractivity contribution in [1.29, 1.82) is 0 Å². The largest absolute Gasteiger partial charge is 0.310 e. The molecule has 18 heavy (non-hydrogen) atoms. The molecule has 0 saturated carbocycles. The number of nitrogens with one attached hydrogen (secondary N) is 1. The summed E-state index contributed by atoms with van der Waals surface area (Å²) in [4.78, 5) is 8.49. The minimum Gasteiger partial charge on any atom is -0.310 e. The lowest BCUT2D eigenvalue weighted by Gasteiger charge is -2.17. The van der Waals surface area contributed by atoms with Crippen molar-refractivity contribution in [2.45, 2.75) is 19.4 Å². The predicted molar refractivity (Wildman–Crippen MR) is 73.6 cm³/mol. The van der Waals surface area contributed by atoms with Crippen molar-refractivity contribution >= 4 is 11.6 Å². The third kappa shape index (κ3) is 3.52. The molecule has 0 aliphatic rings. The minimum absolute atomic E-state index is 0.234. The van der Waals surface area contributed by atoms with Gasteiger partial charge in [0.15, 0.2) is 0 Å². The SMILES string of the molecule is CCNC(Cc1ncc(Cl)cn1)c1ccccc1. The third-order valence-corrected chi connectivity index (χ3v) is 2.91. The van der Waals surface area contributed by atoms with E-state index in [2.05, 4.69) is 34.3 Å². The second-order valence-electron chi connectivity index (χ2n) is 4.04. The van der Waals surface area contributed by atoms with E-state index in [4.69, 9.17) is 11.6 Å². The predicted octanol–water partition coefficient (Wildman–Crippen LogP) is 3.02. The molecule has 1 aromatic carbocycles. The lowest BCUT2D eigenvalue weighted by molar-refractivity contribution is 0.537. The Bertz CT molecular complexity index is 470. The fraction of sp³-hybridized carbons (Fsp3) is 0.286. The zero-order valence-corrected chi connectivity index (χ0v) is 11.1. The van der Waals surface area contributed by atoms with Crippen LogP contribution in [0, 0.1) is 0 Å². The average Bonchev–Trinajstić information content (AvgIpc) is 2.42. The third-order valence-electron chi connectivity index (χ3n) is 2.71. The summed E-state index contributed by atoms with van der Waals surface area (Å²) in [5.74, 6) is 0.800. The van der Waals surface area contributed by atoms with Crippen molar-refractivity contribution in [3.05, 3.63) is 59.1 Å². The molecule has 1 aromatic heterocycles. The molecule has 0 spiro atoms. The number of aromatic nitrogens is 2. The fourth-order valence-electron chi connectivity index (χ4n) is 1.87. The molecule has 94 valence electrons. The van der Waals surface area contributed by atoms with Gasteiger partial charge in [0.05, 0.1) is 5.02 Å². The summed E-state index contributed by atoms with van der Waals surface area (Å²) in [7, 11) is 0. The molecule has 1 atom stereocenters. The first-order valence-corrected chi connectivity index (χ1v) is 6.42. The smallest absolute Gasteiger partial charge is 0.130 e. The maximum atomic E-state index is 5.79. The molecule has 0 amide bonds. The van der Waals surface area contributed by atoms with E-state index >= 15 is 0 Å². The Kier molecular flexibility index (Phi) is 4.67. The zero-order chi connectivity index (χ0) is 12.8. The second kappa shape index (κ2) is 6.47. The van der Waals surface area contributed by atoms with E-state index in [1.54, 1.807) is 12.4 Å². The van der Waals surface area contributed by atoms with Gasteiger partial charge in [-0.1, -0.05) is 48.9 Å². The summed E-state index contributed by atoms with van der Waals surface area (Å²) < 4.78 is 0. The highest BCUT2D eigenvalue weighted by molar-refractivity contribution is 6.30. The quantitative estimate of drug-likeness (QED) is 0.899. The topological polar surface area (TPSA) is 37.8 Å². The molecule has 1 N–H and O–H groups in total. The van der Waals surface area contributed by atoms with Crippen LogP contribution in [0.1, 0.15) is 24.4 Å². The molecule has 0 fully saturated rings. The van der Waals surface area contributed by atoms with E-state index in [1.807, 2.05) is 18.2 Å². The first-order valence-electron chi connectivity index (χ1n) is 6.04. The first-order chi connectivity index (χ1) is 8.79. The zero-order valence-electron chi connectivity index (χ0n) is 10.3. The van der Waals surface area contributed by atoms with Crippen LogP contribution in [0.15, 0.2) is 42.7 Å². The molecule has 2 aromatic rings. The van der Waals surface area contributed by atoms with Crippen LogP contribution in [0.25, 0.3) is 0 Å². The number of benzene rings is 1. The number of nitrogens with zero attached hydrogens (tertiary/aromatic N) is 2. The summed E-state index contributed by atoms with van der Waals surface area (Å²) >= 11 is 5.79. The van der Waals surface area contributed by atoms with E-state index in [-0.39, 0.29) is 6.04 Å². The Morgan fingerprint density at radius 3 is 2.44 bits per heavy atom. The van der Waals surface area contributed by atoms with Gasteiger partial charge in [-0.05, 0) is 12.1 Å². The molecule has 0 aliphatic carbocycles. The summed E-state index contributed by atoms with van der Waals surface area (Å²) in [5.41, 5.74) is 1.25. The summed E-state index contributed by atoms with van der Waals surface area (Å²) in [6.45, 7) is 3.01. The molecule has 2 rings (SSSR count). The molecule has 0 radical (unpaired) electrons. The summed E-state index contributed by atoms with van der Waals surface area (Å²) in [6.07, 6.45) is 4.03. The van der Waals surface area contributed by atoms with E-state index in [9.17, 15) is 0 Å². The summed E-state index contributed by atoms with van der Waals surface area (Å²) in [5, 5.41) is 4.02. The molecule has 0 bridgehead atoms. The van der Waals surface area contributed by atoms with Gasteiger partial charge in [0.1, 0.15) is 5.82 Å². The van der Waals surface area contributed by atoms with Gasteiger partial charge in [-0.3, -0.25) is 0 Å². The van der Waals surface area contributed by atoms with E-state index in [0.717, 1.165) is 18.8 Å². The highest BCUT2D eigenvalue weighted by Gasteiger charge is 2.12. The monoisotopic (exact) mass is 261 g/mol. The average molecular weight is 262 g/mol. The number of halogens is 1. The van der Waals surface area contributed by atoms with E-state index < -0.39 is 0 Å². The Morgan fingerprint density at radius 2 is 1.83 bits per heavy atom. The number of rotatable bonds is 5. The van der Waals surface area contributed by atoms with Gasteiger partial charge in [0.2, 0.25) is 0 Å². The Balaban J connectivity index is 2.14. The number of likely N-dealkylation sites (N-methyl/N-ethyl adjacent to an activating group) is 1. The normalized spacial score (nSPS) is 12.3. The molecule has 3 nitrogen and oxygen atoms in total. The first kappa shape index (κ1) is 13.0. The highest BCUT2D eigenvalue weighted by atomic mass is 35.5. The number of hydrogen-bond donors (Lipinski definition) is 1. The Labute approximate surface area is 112 Å². The van der Waals surface area contributed by atoms with Crippen molar-refractivity contribution in [3.8, 4) is 0 Å². The van der Waals surface area contributed by atoms with E-state index in [1.165, 1.54) is 5.56 Å². The minimum atomic E-state index is 0.234. The van der Waals surface area contributed by atoms with Gasteiger partial charge in [0, 0.05) is 24.9 Å². The van der Waals surface area contributed by atoms with Crippen LogP contribution in [-0.4, -0.2) is 16.5 Å². The van der Waals surface area contributed by atoms with Gasteiger partial charge in [-0.15, -0.1) is 0 Å². The molecule has 0 aliphatic heterocycles. The number of hydrogen-bond acceptors (Lipinski definition) is 3. The van der Waals surface area contributed by atoms with Crippen LogP contribution in [0.3, 0.4) is 0 Å². The van der Waals surface area contributed by atoms with Crippen LogP contribution in [-0.2, 0) is 6.42 Å². The van der Waals surface area contributed by atoms with Crippen molar-refractivity contribution in [2.24, 2.45) is 0 Å². The van der Waals surface area contributed by atoms with Gasteiger partial charge in [-0.2, -0.15) is 0 Å². The standard InChI is InChI=1S/C14H16ClN3/c1-2-16-13(11-6-4-3-5-7-11)8-14-17-9-12(15)10-18-14/h3-7,9-10,13,16H,2,8H2,1H3. The van der Waals surface area contributed by atoms with Gasteiger partial charge in [-0.25, -0.2) is 9.97 Å². The second-order valence-corrected chi connectivity index (χ2v) is 4.48. The van der Waals surface area contributed by atoms with Crippen LogP contribution < -0.4 is 5.32 Å². The molecule has 1 heterocycles. The molecular formula is C14H16ClN3. The van der Waals surface area contributed by atoms with Crippen molar-refractivity contribution in [1.82, 2.24) is 15.3 Å². The van der Waals surface area contributed by atoms with Crippen LogP contribution >= 0.6 is 11.6 Å². The Hall–Kier alpha value is -1.45. The van der Waals surface area contributed by atoms with Crippen molar-refractivity contribution < 1.29 is 0 Å².